The summed E-state index contributed by atoms with van der Waals surface area (Å²) in [5, 5.41) is 28.1. The number of hydroxylamine groups is 3. The largest absolute Gasteiger partial charge is 0.633 e. The fourth-order valence-electron chi connectivity index (χ4n) is 3.91. The highest BCUT2D eigenvalue weighted by Crippen LogP contribution is 2.29. The summed E-state index contributed by atoms with van der Waals surface area (Å²) < 4.78 is 0.474. The molecule has 1 aliphatic heterocycles. The summed E-state index contributed by atoms with van der Waals surface area (Å²) in [5.41, 5.74) is 3.13. The number of thioether (sulfide) groups is 1. The van der Waals surface area contributed by atoms with E-state index in [1.165, 1.54) is 23.1 Å². The van der Waals surface area contributed by atoms with E-state index in [-0.39, 0.29) is 22.3 Å². The van der Waals surface area contributed by atoms with Gasteiger partial charge in [-0.05, 0) is 24.3 Å². The van der Waals surface area contributed by atoms with Crippen LogP contribution in [-0.4, -0.2) is 40.4 Å². The van der Waals surface area contributed by atoms with Crippen LogP contribution in [0.5, 0.6) is 0 Å². The molecule has 1 aromatic heterocycles. The van der Waals surface area contributed by atoms with Crippen molar-refractivity contribution in [2.24, 2.45) is 0 Å². The van der Waals surface area contributed by atoms with Gasteiger partial charge in [-0.3, -0.25) is 4.79 Å². The number of amides is 1. The zero-order valence-electron chi connectivity index (χ0n) is 18.2. The number of hydrogen-bond donors (Lipinski definition) is 1. The number of nitrogens with zero attached hydrogens (tertiary/aromatic N) is 3. The van der Waals surface area contributed by atoms with Crippen LogP contribution in [0, 0.1) is 16.5 Å². The molecule has 0 radical (unpaired) electrons. The van der Waals surface area contributed by atoms with Crippen molar-refractivity contribution in [2.45, 2.75) is 29.8 Å². The van der Waals surface area contributed by atoms with E-state index in [9.17, 15) is 10.0 Å². The van der Waals surface area contributed by atoms with Crippen molar-refractivity contribution in [2.75, 3.05) is 18.8 Å². The van der Waals surface area contributed by atoms with Gasteiger partial charge in [0.2, 0.25) is 5.91 Å². The second kappa shape index (κ2) is 11.1. The van der Waals surface area contributed by atoms with Gasteiger partial charge < -0.3 is 15.2 Å². The lowest BCUT2D eigenvalue weighted by Crippen LogP contribution is -2.52. The average molecular weight is 534 g/mol. The fourth-order valence-corrected chi connectivity index (χ4v) is 5.88. The molecule has 1 N–H and O–H groups in total. The van der Waals surface area contributed by atoms with Gasteiger partial charge in [0.25, 0.3) is 0 Å². The maximum atomic E-state index is 13.1. The number of likely N-dealkylation sites (tertiary alicyclic amines) is 1. The molecule has 3 aromatic rings. The van der Waals surface area contributed by atoms with Gasteiger partial charge >= 0.3 is 0 Å². The molecule has 1 aliphatic rings. The highest BCUT2D eigenvalue weighted by molar-refractivity contribution is 8.01. The summed E-state index contributed by atoms with van der Waals surface area (Å²) in [7, 11) is 0. The Labute approximate surface area is 216 Å². The van der Waals surface area contributed by atoms with Crippen molar-refractivity contribution in [3.8, 4) is 17.3 Å². The van der Waals surface area contributed by atoms with E-state index in [0.29, 0.717) is 48.1 Å². The zero-order chi connectivity index (χ0) is 24.1. The van der Waals surface area contributed by atoms with Crippen LogP contribution >= 0.6 is 46.3 Å². The van der Waals surface area contributed by atoms with Crippen LogP contribution in [0.4, 0.5) is 0 Å². The van der Waals surface area contributed by atoms with E-state index in [2.05, 4.69) is 16.4 Å². The molecule has 1 saturated heterocycles. The quantitative estimate of drug-likeness (QED) is 0.233. The van der Waals surface area contributed by atoms with E-state index in [4.69, 9.17) is 28.5 Å². The molecule has 0 spiro atoms. The number of nitriles is 1. The summed E-state index contributed by atoms with van der Waals surface area (Å²) in [6.07, 6.45) is 1.27. The lowest BCUT2D eigenvalue weighted by molar-refractivity contribution is -0.898. The van der Waals surface area contributed by atoms with Crippen molar-refractivity contribution >= 4 is 52.2 Å². The van der Waals surface area contributed by atoms with E-state index in [1.54, 1.807) is 24.3 Å². The van der Waals surface area contributed by atoms with Crippen LogP contribution in [0.15, 0.2) is 52.2 Å². The molecule has 34 heavy (non-hydrogen) atoms. The predicted octanol–water partition coefficient (Wildman–Crippen LogP) is 5.87. The van der Waals surface area contributed by atoms with E-state index >= 15 is 0 Å². The Bertz CT molecular complexity index is 1220. The van der Waals surface area contributed by atoms with Gasteiger partial charge in [0.05, 0.1) is 46.2 Å². The van der Waals surface area contributed by atoms with Crippen molar-refractivity contribution in [1.29, 1.82) is 5.26 Å². The summed E-state index contributed by atoms with van der Waals surface area (Å²) in [6, 6.07) is 14.7. The monoisotopic (exact) mass is 532 g/mol. The minimum atomic E-state index is -0.325. The molecule has 6 nitrogen and oxygen atoms in total. The molecule has 4 rings (SSSR count). The number of quaternary nitrogens is 1. The molecule has 0 atom stereocenters. The first-order valence-electron chi connectivity index (χ1n) is 10.7. The third-order valence-corrected chi connectivity index (χ3v) is 8.45. The molecule has 0 aliphatic carbocycles. The lowest BCUT2D eigenvalue weighted by atomic mass is 10.0. The topological polar surface area (TPSA) is 88.8 Å². The minimum Gasteiger partial charge on any atom is -0.633 e. The van der Waals surface area contributed by atoms with Crippen LogP contribution in [0.3, 0.4) is 0 Å². The number of aromatic nitrogens is 1. The van der Waals surface area contributed by atoms with Crippen LogP contribution in [0.25, 0.3) is 11.3 Å². The molecule has 10 heteroatoms. The van der Waals surface area contributed by atoms with Gasteiger partial charge in [0.1, 0.15) is 6.54 Å². The van der Waals surface area contributed by atoms with E-state index in [0.717, 1.165) is 21.2 Å². The van der Waals surface area contributed by atoms with Crippen LogP contribution in [-0.2, 0) is 11.3 Å². The molecule has 1 fully saturated rings. The Kier molecular flexibility index (Phi) is 8.14. The maximum absolute atomic E-state index is 13.1. The SMILES string of the molecule is N#Cc1cccc(-c2csc(SCC(=O)NC3CC[N+]([O-])(Cc4ccc(Cl)c(Cl)c4)CC3)n2)c1. The molecular formula is C24H22Cl2N4O2S2. The molecule has 0 unspecified atom stereocenters. The Morgan fingerprint density at radius 2 is 2.03 bits per heavy atom. The number of carbonyl (C=O) groups excluding carboxylic acids is 1. The third-order valence-electron chi connectivity index (χ3n) is 5.69. The fraction of sp³-hybridized carbons (Fsp3) is 0.292. The predicted molar refractivity (Wildman–Crippen MR) is 138 cm³/mol. The standard InChI is InChI=1S/C24H22Cl2N4O2S2/c25-20-5-4-17(11-21(20)26)13-30(32)8-6-19(7-9-30)28-23(31)15-34-24-29-22(14-33-24)18-3-1-2-16(10-18)12-27/h1-5,10-11,14,19H,6-9,13,15H2,(H,28,31). The summed E-state index contributed by atoms with van der Waals surface area (Å²) >= 11 is 14.9. The van der Waals surface area contributed by atoms with Crippen LogP contribution in [0.1, 0.15) is 24.0 Å². The molecule has 2 heterocycles. The second-order valence-electron chi connectivity index (χ2n) is 8.23. The second-order valence-corrected chi connectivity index (χ2v) is 11.1. The van der Waals surface area contributed by atoms with Gasteiger partial charge in [-0.2, -0.15) is 5.26 Å². The first kappa shape index (κ1) is 25.0. The summed E-state index contributed by atoms with van der Waals surface area (Å²) in [5.74, 6) is 0.205. The van der Waals surface area contributed by atoms with Gasteiger partial charge in [0, 0.05) is 35.4 Å². The van der Waals surface area contributed by atoms with Gasteiger partial charge in [-0.15, -0.1) is 11.3 Å². The highest BCUT2D eigenvalue weighted by atomic mass is 35.5. The number of rotatable bonds is 7. The number of hydrogen-bond acceptors (Lipinski definition) is 6. The lowest BCUT2D eigenvalue weighted by Gasteiger charge is -2.47. The molecule has 0 bridgehead atoms. The summed E-state index contributed by atoms with van der Waals surface area (Å²) in [6.45, 7) is 1.23. The zero-order valence-corrected chi connectivity index (χ0v) is 21.3. The number of thiazole rings is 1. The molecular weight excluding hydrogens is 511 g/mol. The van der Waals surface area contributed by atoms with Crippen molar-refractivity contribution in [1.82, 2.24) is 10.3 Å². The molecule has 2 aromatic carbocycles. The van der Waals surface area contributed by atoms with Crippen molar-refractivity contribution < 1.29 is 9.44 Å². The van der Waals surface area contributed by atoms with Gasteiger partial charge in [-0.1, -0.05) is 53.2 Å². The summed E-state index contributed by atoms with van der Waals surface area (Å²) in [4.78, 5) is 17.0. The first-order chi connectivity index (χ1) is 16.3. The first-order valence-corrected chi connectivity index (χ1v) is 13.3. The molecule has 176 valence electrons. The smallest absolute Gasteiger partial charge is 0.230 e. The number of halogens is 2. The average Bonchev–Trinajstić information content (AvgIpc) is 3.31. The van der Waals surface area contributed by atoms with Gasteiger partial charge in [0.15, 0.2) is 4.34 Å². The van der Waals surface area contributed by atoms with Crippen LogP contribution < -0.4 is 5.32 Å². The number of nitrogens with one attached hydrogen (secondary N) is 1. The number of carbonyl (C=O) groups is 1. The van der Waals surface area contributed by atoms with E-state index in [1.807, 2.05) is 23.6 Å². The van der Waals surface area contributed by atoms with Crippen molar-refractivity contribution in [3.63, 3.8) is 0 Å². The maximum Gasteiger partial charge on any atom is 0.230 e. The number of benzene rings is 2. The van der Waals surface area contributed by atoms with Gasteiger partial charge in [-0.25, -0.2) is 4.98 Å². The van der Waals surface area contributed by atoms with E-state index < -0.39 is 0 Å². The van der Waals surface area contributed by atoms with Crippen molar-refractivity contribution in [3.05, 3.63) is 74.2 Å². The Morgan fingerprint density at radius 1 is 1.24 bits per heavy atom. The Balaban J connectivity index is 1.23. The third kappa shape index (κ3) is 6.51. The molecule has 0 saturated carbocycles. The molecule has 1 amide bonds. The van der Waals surface area contributed by atoms with Crippen LogP contribution in [0.2, 0.25) is 10.0 Å². The Hall–Kier alpha value is -2.12. The highest BCUT2D eigenvalue weighted by Gasteiger charge is 2.28. The Morgan fingerprint density at radius 3 is 2.76 bits per heavy atom. The normalized spacial score (nSPS) is 20.0. The number of piperidine rings is 1. The minimum absolute atomic E-state index is 0.00248.